The Balaban J connectivity index is 2.11. The maximum atomic E-state index is 12.8. The molecule has 0 saturated heterocycles. The van der Waals surface area contributed by atoms with Crippen molar-refractivity contribution in [1.82, 2.24) is 5.43 Å². The van der Waals surface area contributed by atoms with E-state index in [1.54, 1.807) is 25.1 Å². The van der Waals surface area contributed by atoms with Crippen LogP contribution in [0.25, 0.3) is 0 Å². The molecule has 122 valence electrons. The maximum absolute atomic E-state index is 12.8. The third kappa shape index (κ3) is 4.66. The largest absolute Gasteiger partial charge is 0.416 e. The predicted octanol–water partition coefficient (Wildman–Crippen LogP) is 4.49. The first kappa shape index (κ1) is 17.2. The molecule has 2 aromatic carbocycles. The molecule has 0 atom stereocenters. The van der Waals surface area contributed by atoms with Crippen molar-refractivity contribution in [2.24, 2.45) is 0 Å². The fourth-order valence-electron chi connectivity index (χ4n) is 1.98. The number of thioether (sulfide) groups is 1. The van der Waals surface area contributed by atoms with E-state index in [-0.39, 0.29) is 5.69 Å². The van der Waals surface area contributed by atoms with Gasteiger partial charge in [-0.05, 0) is 55.1 Å². The summed E-state index contributed by atoms with van der Waals surface area (Å²) in [5, 5.41) is 0. The van der Waals surface area contributed by atoms with E-state index in [1.165, 1.54) is 17.8 Å². The standard InChI is InChI=1S/C16H15F3N2OS/c1-10-6-12(16(17,18)19)9-13(7-10)20-21-15(22)11-4-3-5-14(8-11)23-2/h3-9,20H,1-2H3,(H,21,22). The quantitative estimate of drug-likeness (QED) is 0.636. The molecule has 2 aromatic rings. The lowest BCUT2D eigenvalue weighted by Crippen LogP contribution is -2.29. The van der Waals surface area contributed by atoms with Gasteiger partial charge in [0.1, 0.15) is 0 Å². The SMILES string of the molecule is CSc1cccc(C(=O)NNc2cc(C)cc(C(F)(F)F)c2)c1. The van der Waals surface area contributed by atoms with E-state index < -0.39 is 17.6 Å². The van der Waals surface area contributed by atoms with E-state index >= 15 is 0 Å². The topological polar surface area (TPSA) is 41.1 Å². The molecule has 1 amide bonds. The zero-order valence-electron chi connectivity index (χ0n) is 12.5. The molecule has 0 spiro atoms. The Morgan fingerprint density at radius 1 is 1.13 bits per heavy atom. The second-order valence-electron chi connectivity index (χ2n) is 4.90. The van der Waals surface area contributed by atoms with Gasteiger partial charge in [-0.15, -0.1) is 11.8 Å². The Kier molecular flexibility index (Phi) is 5.20. The normalized spacial score (nSPS) is 11.2. The Labute approximate surface area is 136 Å². The Morgan fingerprint density at radius 3 is 2.52 bits per heavy atom. The Morgan fingerprint density at radius 2 is 1.87 bits per heavy atom. The molecule has 0 fully saturated rings. The van der Waals surface area contributed by atoms with Crippen molar-refractivity contribution in [2.45, 2.75) is 18.0 Å². The van der Waals surface area contributed by atoms with Gasteiger partial charge in [0, 0.05) is 10.5 Å². The second-order valence-corrected chi connectivity index (χ2v) is 5.78. The summed E-state index contributed by atoms with van der Waals surface area (Å²) in [6.07, 6.45) is -2.54. The number of carbonyl (C=O) groups excluding carboxylic acids is 1. The molecule has 0 aliphatic heterocycles. The van der Waals surface area contributed by atoms with Gasteiger partial charge in [0.2, 0.25) is 0 Å². The molecule has 23 heavy (non-hydrogen) atoms. The van der Waals surface area contributed by atoms with Crippen molar-refractivity contribution in [3.8, 4) is 0 Å². The molecule has 2 rings (SSSR count). The van der Waals surface area contributed by atoms with Crippen LogP contribution in [0.4, 0.5) is 18.9 Å². The van der Waals surface area contributed by atoms with Crippen LogP contribution in [0.3, 0.4) is 0 Å². The number of hydrazine groups is 1. The number of rotatable bonds is 4. The van der Waals surface area contributed by atoms with E-state index in [1.807, 2.05) is 12.3 Å². The fraction of sp³-hybridized carbons (Fsp3) is 0.188. The number of aryl methyl sites for hydroxylation is 1. The van der Waals surface area contributed by atoms with Gasteiger partial charge in [-0.25, -0.2) is 0 Å². The van der Waals surface area contributed by atoms with Crippen LogP contribution in [-0.2, 0) is 6.18 Å². The molecule has 0 saturated carbocycles. The summed E-state index contributed by atoms with van der Waals surface area (Å²) < 4.78 is 38.3. The summed E-state index contributed by atoms with van der Waals surface area (Å²) in [7, 11) is 0. The molecule has 0 bridgehead atoms. The lowest BCUT2D eigenvalue weighted by atomic mass is 10.1. The van der Waals surface area contributed by atoms with Gasteiger partial charge in [-0.3, -0.25) is 15.6 Å². The van der Waals surface area contributed by atoms with Gasteiger partial charge >= 0.3 is 6.18 Å². The second kappa shape index (κ2) is 6.95. The smallest absolute Gasteiger partial charge is 0.298 e. The van der Waals surface area contributed by atoms with Gasteiger partial charge in [-0.1, -0.05) is 6.07 Å². The lowest BCUT2D eigenvalue weighted by molar-refractivity contribution is -0.137. The average molecular weight is 340 g/mol. The zero-order valence-corrected chi connectivity index (χ0v) is 13.3. The first-order valence-electron chi connectivity index (χ1n) is 6.69. The number of hydrogen-bond donors (Lipinski definition) is 2. The van der Waals surface area contributed by atoms with Crippen molar-refractivity contribution in [3.05, 3.63) is 59.2 Å². The van der Waals surface area contributed by atoms with Crippen molar-refractivity contribution < 1.29 is 18.0 Å². The molecular formula is C16H15F3N2OS. The number of anilines is 1. The van der Waals surface area contributed by atoms with Gasteiger partial charge in [0.15, 0.2) is 0 Å². The van der Waals surface area contributed by atoms with Crippen molar-refractivity contribution in [1.29, 1.82) is 0 Å². The predicted molar refractivity (Wildman–Crippen MR) is 85.5 cm³/mol. The maximum Gasteiger partial charge on any atom is 0.416 e. The van der Waals surface area contributed by atoms with Crippen LogP contribution in [-0.4, -0.2) is 12.2 Å². The van der Waals surface area contributed by atoms with Crippen molar-refractivity contribution in [3.63, 3.8) is 0 Å². The zero-order chi connectivity index (χ0) is 17.0. The number of amides is 1. The summed E-state index contributed by atoms with van der Waals surface area (Å²) in [4.78, 5) is 13.0. The van der Waals surface area contributed by atoms with Gasteiger partial charge in [0.05, 0.1) is 11.3 Å². The van der Waals surface area contributed by atoms with Crippen molar-refractivity contribution in [2.75, 3.05) is 11.7 Å². The molecule has 0 aliphatic rings. The molecule has 0 aromatic heterocycles. The highest BCUT2D eigenvalue weighted by atomic mass is 32.2. The first-order valence-corrected chi connectivity index (χ1v) is 7.91. The first-order chi connectivity index (χ1) is 10.8. The van der Waals surface area contributed by atoms with Crippen molar-refractivity contribution >= 4 is 23.4 Å². The number of nitrogens with one attached hydrogen (secondary N) is 2. The highest BCUT2D eigenvalue weighted by Crippen LogP contribution is 2.31. The van der Waals surface area contributed by atoms with Gasteiger partial charge in [-0.2, -0.15) is 13.2 Å². The number of benzene rings is 2. The molecule has 2 N–H and O–H groups in total. The number of hydrogen-bond acceptors (Lipinski definition) is 3. The molecule has 7 heteroatoms. The molecule has 0 heterocycles. The van der Waals surface area contributed by atoms with E-state index in [0.29, 0.717) is 11.1 Å². The number of alkyl halides is 3. The number of halogens is 3. The summed E-state index contributed by atoms with van der Waals surface area (Å²) >= 11 is 1.50. The van der Waals surface area contributed by atoms with Gasteiger partial charge < -0.3 is 0 Å². The minimum absolute atomic E-state index is 0.173. The van der Waals surface area contributed by atoms with E-state index in [4.69, 9.17) is 0 Å². The molecule has 3 nitrogen and oxygen atoms in total. The van der Waals surface area contributed by atoms with Gasteiger partial charge in [0.25, 0.3) is 5.91 Å². The Hall–Kier alpha value is -2.15. The minimum atomic E-state index is -4.43. The molecule has 0 unspecified atom stereocenters. The summed E-state index contributed by atoms with van der Waals surface area (Å²) in [5.74, 6) is -0.420. The molecular weight excluding hydrogens is 325 g/mol. The van der Waals surface area contributed by atoms with E-state index in [0.717, 1.165) is 17.0 Å². The van der Waals surface area contributed by atoms with Crippen LogP contribution in [0.2, 0.25) is 0 Å². The summed E-state index contributed by atoms with van der Waals surface area (Å²) in [6.45, 7) is 1.56. The molecule has 0 radical (unpaired) electrons. The third-order valence-electron chi connectivity index (χ3n) is 3.06. The van der Waals surface area contributed by atoms with Crippen LogP contribution >= 0.6 is 11.8 Å². The third-order valence-corrected chi connectivity index (χ3v) is 3.78. The van der Waals surface area contributed by atoms with E-state index in [2.05, 4.69) is 10.9 Å². The van der Waals surface area contributed by atoms with Crippen LogP contribution in [0, 0.1) is 6.92 Å². The van der Waals surface area contributed by atoms with E-state index in [9.17, 15) is 18.0 Å². The van der Waals surface area contributed by atoms with Crippen LogP contribution in [0.5, 0.6) is 0 Å². The highest BCUT2D eigenvalue weighted by molar-refractivity contribution is 7.98. The Bertz CT molecular complexity index is 717. The lowest BCUT2D eigenvalue weighted by Gasteiger charge is -2.13. The minimum Gasteiger partial charge on any atom is -0.298 e. The monoisotopic (exact) mass is 340 g/mol. The van der Waals surface area contributed by atoms with Crippen LogP contribution in [0.15, 0.2) is 47.4 Å². The van der Waals surface area contributed by atoms with Crippen LogP contribution in [0.1, 0.15) is 21.5 Å². The number of carbonyl (C=O) groups is 1. The average Bonchev–Trinajstić information content (AvgIpc) is 2.51. The van der Waals surface area contributed by atoms with Crippen LogP contribution < -0.4 is 10.9 Å². The highest BCUT2D eigenvalue weighted by Gasteiger charge is 2.30. The summed E-state index contributed by atoms with van der Waals surface area (Å²) in [6, 6.07) is 10.5. The summed E-state index contributed by atoms with van der Waals surface area (Å²) in [5.41, 5.74) is 5.21. The fourth-order valence-corrected chi connectivity index (χ4v) is 2.44. The molecule has 0 aliphatic carbocycles.